The Morgan fingerprint density at radius 3 is 2.59 bits per heavy atom. The predicted octanol–water partition coefficient (Wildman–Crippen LogP) is 2.50. The quantitative estimate of drug-likeness (QED) is 0.769. The maximum atomic E-state index is 11.4. The molecule has 0 bridgehead atoms. The van der Waals surface area contributed by atoms with E-state index in [1.54, 1.807) is 0 Å². The minimum absolute atomic E-state index is 0.143. The van der Waals surface area contributed by atoms with Crippen LogP contribution in [-0.2, 0) is 9.53 Å². The highest BCUT2D eigenvalue weighted by atomic mass is 16.5. The lowest BCUT2D eigenvalue weighted by Gasteiger charge is -2.40. The highest BCUT2D eigenvalue weighted by molar-refractivity contribution is 5.75. The number of rotatable bonds is 3. The lowest BCUT2D eigenvalue weighted by molar-refractivity contribution is -0.143. The molecule has 0 aliphatic heterocycles. The normalized spacial score (nSPS) is 34.8. The third-order valence-electron chi connectivity index (χ3n) is 4.58. The molecule has 2 aliphatic carbocycles. The van der Waals surface area contributed by atoms with E-state index in [9.17, 15) is 4.79 Å². The molecule has 2 rings (SSSR count). The SMILES string of the molecule is COC(=O)[C@H](C)NC1CCC2CCCCC2C1. The second-order valence-electron chi connectivity index (χ2n) is 5.73. The van der Waals surface area contributed by atoms with Crippen LogP contribution in [0.3, 0.4) is 0 Å². The van der Waals surface area contributed by atoms with Crippen molar-refractivity contribution in [2.45, 2.75) is 64.0 Å². The third kappa shape index (κ3) is 3.21. The van der Waals surface area contributed by atoms with Crippen LogP contribution in [0.2, 0.25) is 0 Å². The van der Waals surface area contributed by atoms with Crippen LogP contribution in [0.5, 0.6) is 0 Å². The van der Waals surface area contributed by atoms with E-state index in [1.165, 1.54) is 52.1 Å². The summed E-state index contributed by atoms with van der Waals surface area (Å²) in [5, 5.41) is 3.43. The Labute approximate surface area is 104 Å². The van der Waals surface area contributed by atoms with E-state index in [2.05, 4.69) is 5.32 Å². The maximum absolute atomic E-state index is 11.4. The zero-order chi connectivity index (χ0) is 12.3. The van der Waals surface area contributed by atoms with Crippen LogP contribution in [0, 0.1) is 11.8 Å². The van der Waals surface area contributed by atoms with Gasteiger partial charge in [-0.05, 0) is 38.0 Å². The lowest BCUT2D eigenvalue weighted by Crippen LogP contribution is -2.45. The van der Waals surface area contributed by atoms with E-state index in [0.29, 0.717) is 6.04 Å². The van der Waals surface area contributed by atoms with Gasteiger partial charge >= 0.3 is 5.97 Å². The standard InChI is InChI=1S/C14H25NO2/c1-10(14(16)17-2)15-13-8-7-11-5-3-4-6-12(11)9-13/h10-13,15H,3-9H2,1-2H3/t10-,11?,12?,13?/m0/s1. The van der Waals surface area contributed by atoms with Crippen molar-refractivity contribution in [3.8, 4) is 0 Å². The number of hydrogen-bond acceptors (Lipinski definition) is 3. The molecule has 1 N–H and O–H groups in total. The zero-order valence-corrected chi connectivity index (χ0v) is 11.1. The van der Waals surface area contributed by atoms with Crippen molar-refractivity contribution in [3.05, 3.63) is 0 Å². The van der Waals surface area contributed by atoms with Crippen LogP contribution < -0.4 is 5.32 Å². The molecule has 0 radical (unpaired) electrons. The smallest absolute Gasteiger partial charge is 0.322 e. The molecule has 4 atom stereocenters. The number of methoxy groups -OCH3 is 1. The topological polar surface area (TPSA) is 38.3 Å². The first-order chi connectivity index (χ1) is 8.20. The van der Waals surface area contributed by atoms with Crippen LogP contribution in [0.15, 0.2) is 0 Å². The fourth-order valence-electron chi connectivity index (χ4n) is 3.62. The van der Waals surface area contributed by atoms with Gasteiger partial charge in [-0.3, -0.25) is 4.79 Å². The van der Waals surface area contributed by atoms with Gasteiger partial charge in [0, 0.05) is 6.04 Å². The van der Waals surface area contributed by atoms with Crippen LogP contribution in [0.4, 0.5) is 0 Å². The molecule has 0 saturated heterocycles. The first-order valence-electron chi connectivity index (χ1n) is 7.04. The minimum Gasteiger partial charge on any atom is -0.468 e. The van der Waals surface area contributed by atoms with E-state index >= 15 is 0 Å². The molecular weight excluding hydrogens is 214 g/mol. The van der Waals surface area contributed by atoms with Gasteiger partial charge < -0.3 is 10.1 Å². The van der Waals surface area contributed by atoms with Gasteiger partial charge in [0.1, 0.15) is 6.04 Å². The molecule has 0 spiro atoms. The van der Waals surface area contributed by atoms with Crippen molar-refractivity contribution in [1.82, 2.24) is 5.32 Å². The Hall–Kier alpha value is -0.570. The number of carbonyl (C=O) groups excluding carboxylic acids is 1. The highest BCUT2D eigenvalue weighted by Gasteiger charge is 2.33. The third-order valence-corrected chi connectivity index (χ3v) is 4.58. The molecule has 0 heterocycles. The summed E-state index contributed by atoms with van der Waals surface area (Å²) in [7, 11) is 1.46. The Bertz CT molecular complexity index is 267. The average molecular weight is 239 g/mol. The maximum Gasteiger partial charge on any atom is 0.322 e. The summed E-state index contributed by atoms with van der Waals surface area (Å²) in [6, 6.07) is 0.355. The van der Waals surface area contributed by atoms with Crippen molar-refractivity contribution in [1.29, 1.82) is 0 Å². The molecule has 3 unspecified atom stereocenters. The fourth-order valence-corrected chi connectivity index (χ4v) is 3.62. The molecule has 98 valence electrons. The van der Waals surface area contributed by atoms with Gasteiger partial charge in [-0.2, -0.15) is 0 Å². The molecular formula is C14H25NO2. The second-order valence-corrected chi connectivity index (χ2v) is 5.73. The van der Waals surface area contributed by atoms with Crippen molar-refractivity contribution >= 4 is 5.97 Å². The number of esters is 1. The summed E-state index contributed by atoms with van der Waals surface area (Å²) in [6.07, 6.45) is 9.49. The van der Waals surface area contributed by atoms with Gasteiger partial charge in [-0.25, -0.2) is 0 Å². The van der Waals surface area contributed by atoms with Gasteiger partial charge in [0.25, 0.3) is 0 Å². The summed E-state index contributed by atoms with van der Waals surface area (Å²) in [5.41, 5.74) is 0. The van der Waals surface area contributed by atoms with Gasteiger partial charge in [0.05, 0.1) is 7.11 Å². The van der Waals surface area contributed by atoms with Gasteiger partial charge in [-0.1, -0.05) is 25.7 Å². The van der Waals surface area contributed by atoms with Gasteiger partial charge in [-0.15, -0.1) is 0 Å². The Kier molecular flexibility index (Phi) is 4.43. The highest BCUT2D eigenvalue weighted by Crippen LogP contribution is 2.40. The van der Waals surface area contributed by atoms with Crippen LogP contribution in [0.1, 0.15) is 51.9 Å². The average Bonchev–Trinajstić information content (AvgIpc) is 2.37. The van der Waals surface area contributed by atoms with E-state index in [4.69, 9.17) is 4.74 Å². The molecule has 2 aliphatic rings. The van der Waals surface area contributed by atoms with E-state index in [-0.39, 0.29) is 12.0 Å². The molecule has 2 fully saturated rings. The minimum atomic E-state index is -0.162. The number of hydrogen-bond donors (Lipinski definition) is 1. The lowest BCUT2D eigenvalue weighted by atomic mass is 9.69. The molecule has 0 aromatic carbocycles. The summed E-state index contributed by atoms with van der Waals surface area (Å²) < 4.78 is 4.76. The van der Waals surface area contributed by atoms with E-state index < -0.39 is 0 Å². The Morgan fingerprint density at radius 2 is 1.88 bits per heavy atom. The van der Waals surface area contributed by atoms with E-state index in [1.807, 2.05) is 6.92 Å². The number of nitrogens with one attached hydrogen (secondary N) is 1. The molecule has 0 aromatic heterocycles. The van der Waals surface area contributed by atoms with Gasteiger partial charge in [0.15, 0.2) is 0 Å². The summed E-state index contributed by atoms with van der Waals surface area (Å²) in [6.45, 7) is 1.90. The van der Waals surface area contributed by atoms with Crippen molar-refractivity contribution in [2.24, 2.45) is 11.8 Å². The molecule has 0 amide bonds. The first-order valence-corrected chi connectivity index (χ1v) is 7.04. The second kappa shape index (κ2) is 5.85. The fraction of sp³-hybridized carbons (Fsp3) is 0.929. The van der Waals surface area contributed by atoms with Crippen LogP contribution >= 0.6 is 0 Å². The van der Waals surface area contributed by atoms with Gasteiger partial charge in [0.2, 0.25) is 0 Å². The predicted molar refractivity (Wildman–Crippen MR) is 67.7 cm³/mol. The first kappa shape index (κ1) is 12.9. The summed E-state index contributed by atoms with van der Waals surface area (Å²) in [5.74, 6) is 1.73. The van der Waals surface area contributed by atoms with Crippen molar-refractivity contribution in [2.75, 3.05) is 7.11 Å². The number of fused-ring (bicyclic) bond motifs is 1. The molecule has 17 heavy (non-hydrogen) atoms. The zero-order valence-electron chi connectivity index (χ0n) is 11.1. The van der Waals surface area contributed by atoms with Crippen LogP contribution in [-0.4, -0.2) is 25.2 Å². The van der Waals surface area contributed by atoms with E-state index in [0.717, 1.165) is 11.8 Å². The summed E-state index contributed by atoms with van der Waals surface area (Å²) in [4.78, 5) is 11.4. The molecule has 2 saturated carbocycles. The van der Waals surface area contributed by atoms with Crippen LogP contribution in [0.25, 0.3) is 0 Å². The number of ether oxygens (including phenoxy) is 1. The number of carbonyl (C=O) groups is 1. The largest absolute Gasteiger partial charge is 0.468 e. The van der Waals surface area contributed by atoms with Crippen molar-refractivity contribution < 1.29 is 9.53 Å². The summed E-state index contributed by atoms with van der Waals surface area (Å²) >= 11 is 0. The Balaban J connectivity index is 1.81. The van der Waals surface area contributed by atoms with Crippen molar-refractivity contribution in [3.63, 3.8) is 0 Å². The monoisotopic (exact) mass is 239 g/mol. The molecule has 3 nitrogen and oxygen atoms in total. The Morgan fingerprint density at radius 1 is 1.18 bits per heavy atom. The molecule has 0 aromatic rings. The molecule has 3 heteroatoms.